The van der Waals surface area contributed by atoms with Crippen molar-refractivity contribution >= 4 is 16.0 Å². The van der Waals surface area contributed by atoms with Gasteiger partial charge in [-0.15, -0.1) is 0 Å². The fourth-order valence-corrected chi connectivity index (χ4v) is 6.66. The van der Waals surface area contributed by atoms with E-state index in [9.17, 15) is 13.5 Å². The van der Waals surface area contributed by atoms with Crippen molar-refractivity contribution in [1.82, 2.24) is 33.9 Å². The van der Waals surface area contributed by atoms with E-state index in [0.717, 1.165) is 50.4 Å². The zero-order chi connectivity index (χ0) is 28.2. The summed E-state index contributed by atoms with van der Waals surface area (Å²) in [6.45, 7) is 13.7. The molecule has 0 bridgehead atoms. The maximum Gasteiger partial charge on any atom is 0.223 e. The molecule has 2 N–H and O–H groups in total. The Morgan fingerprint density at radius 2 is 1.87 bits per heavy atom. The van der Waals surface area contributed by atoms with E-state index in [4.69, 9.17) is 0 Å². The van der Waals surface area contributed by atoms with Crippen LogP contribution in [0.5, 0.6) is 0 Å². The highest BCUT2D eigenvalue weighted by molar-refractivity contribution is 7.89. The molecule has 2 fully saturated rings. The van der Waals surface area contributed by atoms with Crippen LogP contribution in [0, 0.1) is 6.92 Å². The number of hydrogen-bond acceptors (Lipinski definition) is 9. The van der Waals surface area contributed by atoms with Crippen molar-refractivity contribution in [1.29, 1.82) is 0 Å². The number of sulfonamides is 1. The topological polar surface area (TPSA) is 120 Å². The Balaban J connectivity index is 1.30. The van der Waals surface area contributed by atoms with Crippen LogP contribution < -0.4 is 5.32 Å². The number of alkyl halides is 1. The number of aliphatic hydroxyl groups is 1. The smallest absolute Gasteiger partial charge is 0.223 e. The Labute approximate surface area is 231 Å². The van der Waals surface area contributed by atoms with Gasteiger partial charge in [0.2, 0.25) is 16.0 Å². The fraction of sp³-hybridized carbons (Fsp3) is 0.731. The van der Waals surface area contributed by atoms with Crippen molar-refractivity contribution in [3.05, 3.63) is 24.2 Å². The zero-order valence-corrected chi connectivity index (χ0v) is 24.4. The molecular formula is C26H43FN8O3S. The summed E-state index contributed by atoms with van der Waals surface area (Å²) in [5.74, 6) is 0.329. The van der Waals surface area contributed by atoms with Crippen LogP contribution in [0.15, 0.2) is 18.6 Å². The fourth-order valence-electron chi connectivity index (χ4n) is 5.16. The van der Waals surface area contributed by atoms with E-state index < -0.39 is 27.8 Å². The first-order valence-corrected chi connectivity index (χ1v) is 15.5. The Hall–Kier alpha value is -2.19. The summed E-state index contributed by atoms with van der Waals surface area (Å²) in [5, 5.41) is 17.5. The molecule has 0 radical (unpaired) electrons. The van der Waals surface area contributed by atoms with Crippen LogP contribution in [-0.4, -0.2) is 123 Å². The van der Waals surface area contributed by atoms with Gasteiger partial charge in [0.25, 0.3) is 0 Å². The molecule has 11 nitrogen and oxygen atoms in total. The molecule has 2 aliphatic heterocycles. The van der Waals surface area contributed by atoms with Gasteiger partial charge in [-0.05, 0) is 52.3 Å². The molecule has 218 valence electrons. The molecule has 2 aromatic rings. The van der Waals surface area contributed by atoms with Crippen molar-refractivity contribution in [3.8, 4) is 11.3 Å². The van der Waals surface area contributed by atoms with Crippen LogP contribution in [0.1, 0.15) is 39.2 Å². The Kier molecular flexibility index (Phi) is 9.58. The lowest BCUT2D eigenvalue weighted by molar-refractivity contribution is 0.0577. The molecule has 0 amide bonds. The minimum absolute atomic E-state index is 0.0391. The summed E-state index contributed by atoms with van der Waals surface area (Å²) >= 11 is 0. The van der Waals surface area contributed by atoms with Crippen LogP contribution in [0.25, 0.3) is 11.3 Å². The van der Waals surface area contributed by atoms with Crippen LogP contribution in [-0.2, 0) is 16.6 Å². The average Bonchev–Trinajstić information content (AvgIpc) is 3.33. The third-order valence-electron chi connectivity index (χ3n) is 7.43. The number of aromatic nitrogens is 4. The summed E-state index contributed by atoms with van der Waals surface area (Å²) in [6, 6.07) is -0.584. The predicted octanol–water partition coefficient (Wildman–Crippen LogP) is 1.60. The first kappa shape index (κ1) is 29.8. The van der Waals surface area contributed by atoms with Gasteiger partial charge in [0.15, 0.2) is 0 Å². The summed E-state index contributed by atoms with van der Waals surface area (Å²) in [4.78, 5) is 13.6. The highest BCUT2D eigenvalue weighted by Gasteiger charge is 2.35. The molecule has 2 saturated heterocycles. The molecule has 0 spiro atoms. The van der Waals surface area contributed by atoms with E-state index in [2.05, 4.69) is 37.1 Å². The van der Waals surface area contributed by atoms with Crippen LogP contribution >= 0.6 is 0 Å². The number of nitrogens with one attached hydrogen (secondary N) is 1. The van der Waals surface area contributed by atoms with Gasteiger partial charge in [0.05, 0.1) is 35.8 Å². The third-order valence-corrected chi connectivity index (χ3v) is 9.35. The van der Waals surface area contributed by atoms with Gasteiger partial charge in [-0.1, -0.05) is 6.92 Å². The number of piperazine rings is 1. The number of halogens is 1. The summed E-state index contributed by atoms with van der Waals surface area (Å²) in [5.41, 5.74) is 1.38. The second-order valence-electron chi connectivity index (χ2n) is 11.3. The number of rotatable bonds is 11. The third kappa shape index (κ3) is 8.16. The minimum Gasteiger partial charge on any atom is -0.389 e. The zero-order valence-electron chi connectivity index (χ0n) is 23.6. The van der Waals surface area contributed by atoms with Gasteiger partial charge in [-0.3, -0.25) is 4.68 Å². The lowest BCUT2D eigenvalue weighted by Crippen LogP contribution is -2.51. The second kappa shape index (κ2) is 12.5. The van der Waals surface area contributed by atoms with Crippen LogP contribution in [0.3, 0.4) is 0 Å². The number of likely N-dealkylation sites (N-methyl/N-ethyl adjacent to an activating group) is 1. The van der Waals surface area contributed by atoms with Gasteiger partial charge in [-0.25, -0.2) is 22.8 Å². The molecule has 13 heteroatoms. The van der Waals surface area contributed by atoms with Gasteiger partial charge in [0, 0.05) is 57.2 Å². The maximum atomic E-state index is 15.2. The molecule has 0 aromatic carbocycles. The molecule has 2 aliphatic rings. The molecule has 0 saturated carbocycles. The van der Waals surface area contributed by atoms with E-state index in [-0.39, 0.29) is 24.8 Å². The number of aryl methyl sites for hydroxylation is 1. The van der Waals surface area contributed by atoms with Crippen molar-refractivity contribution in [3.63, 3.8) is 0 Å². The molecule has 2 atom stereocenters. The highest BCUT2D eigenvalue weighted by atomic mass is 32.2. The van der Waals surface area contributed by atoms with E-state index in [1.165, 1.54) is 4.31 Å². The van der Waals surface area contributed by atoms with Crippen LogP contribution in [0.2, 0.25) is 0 Å². The van der Waals surface area contributed by atoms with Gasteiger partial charge in [-0.2, -0.15) is 9.40 Å². The SMILES string of the molecule is CCN1CCN(CCCS(=O)(=O)N2CC[C@H](Nc3ncc(C)c(-c4cnn(CC(C)(C)O)c4)n3)[C@H](F)C2)CC1. The van der Waals surface area contributed by atoms with Crippen molar-refractivity contribution in [2.45, 2.75) is 64.9 Å². The van der Waals surface area contributed by atoms with E-state index >= 15 is 4.39 Å². The monoisotopic (exact) mass is 566 g/mol. The number of piperidine rings is 1. The van der Waals surface area contributed by atoms with Crippen molar-refractivity contribution in [2.24, 2.45) is 0 Å². The Morgan fingerprint density at radius 1 is 1.15 bits per heavy atom. The lowest BCUT2D eigenvalue weighted by atomic mass is 10.1. The van der Waals surface area contributed by atoms with Crippen molar-refractivity contribution in [2.75, 3.05) is 63.4 Å². The minimum atomic E-state index is -3.52. The largest absolute Gasteiger partial charge is 0.389 e. The number of anilines is 1. The van der Waals surface area contributed by atoms with Gasteiger partial charge < -0.3 is 20.2 Å². The molecule has 2 aromatic heterocycles. The highest BCUT2D eigenvalue weighted by Crippen LogP contribution is 2.24. The normalized spacial score (nSPS) is 22.3. The molecular weight excluding hydrogens is 523 g/mol. The van der Waals surface area contributed by atoms with Gasteiger partial charge >= 0.3 is 0 Å². The maximum absolute atomic E-state index is 15.2. The molecule has 39 heavy (non-hydrogen) atoms. The van der Waals surface area contributed by atoms with E-state index in [1.54, 1.807) is 30.9 Å². The van der Waals surface area contributed by atoms with Gasteiger partial charge in [0.1, 0.15) is 6.17 Å². The number of hydrogen-bond donors (Lipinski definition) is 2. The average molecular weight is 567 g/mol. The summed E-state index contributed by atoms with van der Waals surface area (Å²) in [6.07, 6.45) is 4.66. The quantitative estimate of drug-likeness (QED) is 0.418. The van der Waals surface area contributed by atoms with E-state index in [1.807, 2.05) is 13.1 Å². The van der Waals surface area contributed by atoms with Crippen LogP contribution in [0.4, 0.5) is 10.3 Å². The summed E-state index contributed by atoms with van der Waals surface area (Å²) < 4.78 is 44.0. The molecule has 4 rings (SSSR count). The Bertz CT molecular complexity index is 1190. The number of nitrogens with zero attached hydrogens (tertiary/aromatic N) is 7. The first-order chi connectivity index (χ1) is 18.4. The first-order valence-electron chi connectivity index (χ1n) is 13.9. The predicted molar refractivity (Wildman–Crippen MR) is 150 cm³/mol. The second-order valence-corrected chi connectivity index (χ2v) is 13.4. The lowest BCUT2D eigenvalue weighted by Gasteiger charge is -2.35. The molecule has 4 heterocycles. The molecule has 0 aliphatic carbocycles. The Morgan fingerprint density at radius 3 is 2.54 bits per heavy atom. The molecule has 0 unspecified atom stereocenters. The van der Waals surface area contributed by atoms with E-state index in [0.29, 0.717) is 25.1 Å². The standard InChI is InChI=1S/C26H43FN8O3S/c1-5-32-10-12-33(13-11-32)8-6-14-39(37,38)35-9-7-23(22(27)18-35)30-25-28-15-20(2)24(31-25)21-16-29-34(17-21)19-26(3,4)36/h15-17,22-23,36H,5-14,18-19H2,1-4H3,(H,28,30,31)/t22-,23+/m1/s1. The summed E-state index contributed by atoms with van der Waals surface area (Å²) in [7, 11) is -3.52. The van der Waals surface area contributed by atoms with Crippen molar-refractivity contribution < 1.29 is 17.9 Å².